The van der Waals surface area contributed by atoms with E-state index >= 15 is 0 Å². The Kier molecular flexibility index (Phi) is 4.20. The maximum absolute atomic E-state index is 5.99. The molecule has 1 aliphatic rings. The molecule has 78 valence electrons. The van der Waals surface area contributed by atoms with Crippen LogP contribution in [0.4, 0.5) is 0 Å². The third-order valence-corrected chi connectivity index (χ3v) is 2.87. The van der Waals surface area contributed by atoms with Crippen molar-refractivity contribution in [1.29, 1.82) is 0 Å². The van der Waals surface area contributed by atoms with Crippen molar-refractivity contribution in [3.63, 3.8) is 0 Å². The fourth-order valence-corrected chi connectivity index (χ4v) is 2.31. The number of rotatable bonds is 3. The van der Waals surface area contributed by atoms with Crippen LogP contribution in [-0.2, 0) is 0 Å². The zero-order chi connectivity index (χ0) is 9.84. The molecule has 0 radical (unpaired) electrons. The van der Waals surface area contributed by atoms with Crippen LogP contribution in [-0.4, -0.2) is 30.1 Å². The van der Waals surface area contributed by atoms with Gasteiger partial charge in [-0.3, -0.25) is 4.90 Å². The minimum absolute atomic E-state index is 0.332. The van der Waals surface area contributed by atoms with Gasteiger partial charge >= 0.3 is 0 Å². The predicted octanol–water partition coefficient (Wildman–Crippen LogP) is 1.84. The highest BCUT2D eigenvalue weighted by Crippen LogP contribution is 2.19. The fraction of sp³-hybridized carbons (Fsp3) is 1.00. The van der Waals surface area contributed by atoms with Crippen LogP contribution in [0.2, 0.25) is 0 Å². The summed E-state index contributed by atoms with van der Waals surface area (Å²) in [5, 5.41) is 0. The van der Waals surface area contributed by atoms with Gasteiger partial charge in [-0.1, -0.05) is 20.3 Å². The van der Waals surface area contributed by atoms with E-state index in [1.807, 2.05) is 0 Å². The molecule has 0 amide bonds. The Bertz CT molecular complexity index is 143. The Hall–Kier alpha value is -0.0800. The van der Waals surface area contributed by atoms with Crippen molar-refractivity contribution in [2.45, 2.75) is 52.1 Å². The van der Waals surface area contributed by atoms with E-state index in [9.17, 15) is 0 Å². The summed E-state index contributed by atoms with van der Waals surface area (Å²) in [4.78, 5) is 2.58. The molecule has 0 bridgehead atoms. The molecule has 0 aliphatic carbocycles. The van der Waals surface area contributed by atoms with E-state index in [2.05, 4.69) is 25.7 Å². The van der Waals surface area contributed by atoms with Crippen LogP contribution in [0.15, 0.2) is 0 Å². The van der Waals surface area contributed by atoms with E-state index in [1.165, 1.54) is 32.4 Å². The lowest BCUT2D eigenvalue weighted by Crippen LogP contribution is -2.50. The van der Waals surface area contributed by atoms with Gasteiger partial charge in [-0.15, -0.1) is 0 Å². The van der Waals surface area contributed by atoms with Gasteiger partial charge in [0, 0.05) is 18.6 Å². The van der Waals surface area contributed by atoms with Gasteiger partial charge in [-0.05, 0) is 32.2 Å². The fourth-order valence-electron chi connectivity index (χ4n) is 2.31. The van der Waals surface area contributed by atoms with Crippen LogP contribution in [0.3, 0.4) is 0 Å². The summed E-state index contributed by atoms with van der Waals surface area (Å²) < 4.78 is 0. The first kappa shape index (κ1) is 11.0. The highest BCUT2D eigenvalue weighted by Gasteiger charge is 2.25. The lowest BCUT2D eigenvalue weighted by molar-refractivity contribution is 0.116. The van der Waals surface area contributed by atoms with Crippen molar-refractivity contribution in [2.75, 3.05) is 13.1 Å². The number of nitrogens with two attached hydrogens (primary N) is 1. The molecule has 1 fully saturated rings. The summed E-state index contributed by atoms with van der Waals surface area (Å²) in [6, 6.07) is 0.968. The number of hydrogen-bond acceptors (Lipinski definition) is 2. The first-order valence-corrected chi connectivity index (χ1v) is 5.61. The molecule has 0 aromatic rings. The van der Waals surface area contributed by atoms with Crippen LogP contribution in [0.1, 0.15) is 40.0 Å². The zero-order valence-corrected chi connectivity index (χ0v) is 9.29. The van der Waals surface area contributed by atoms with Crippen molar-refractivity contribution >= 4 is 0 Å². The van der Waals surface area contributed by atoms with E-state index in [4.69, 9.17) is 5.73 Å². The van der Waals surface area contributed by atoms with E-state index in [0.29, 0.717) is 12.1 Å². The second-order valence-corrected chi connectivity index (χ2v) is 4.81. The van der Waals surface area contributed by atoms with Crippen LogP contribution in [0, 0.1) is 5.92 Å². The summed E-state index contributed by atoms with van der Waals surface area (Å²) in [6.07, 6.45) is 4.02. The normalized spacial score (nSPS) is 27.9. The molecule has 0 aromatic heterocycles. The third kappa shape index (κ3) is 3.28. The minimum Gasteiger partial charge on any atom is -0.327 e. The Morgan fingerprint density at radius 3 is 2.54 bits per heavy atom. The monoisotopic (exact) mass is 184 g/mol. The van der Waals surface area contributed by atoms with E-state index < -0.39 is 0 Å². The summed E-state index contributed by atoms with van der Waals surface area (Å²) in [6.45, 7) is 9.18. The highest BCUT2D eigenvalue weighted by molar-refractivity contribution is 4.83. The van der Waals surface area contributed by atoms with Crippen molar-refractivity contribution < 1.29 is 0 Å². The van der Waals surface area contributed by atoms with Gasteiger partial charge in [0.05, 0.1) is 0 Å². The number of likely N-dealkylation sites (tertiary alicyclic amines) is 1. The van der Waals surface area contributed by atoms with Crippen LogP contribution in [0.5, 0.6) is 0 Å². The minimum atomic E-state index is 0.332. The second kappa shape index (κ2) is 4.97. The SMILES string of the molecule is CC(C)CN1CCCC[C@@H]1[C@@H](C)N. The van der Waals surface area contributed by atoms with Crippen LogP contribution >= 0.6 is 0 Å². The Morgan fingerprint density at radius 1 is 1.31 bits per heavy atom. The van der Waals surface area contributed by atoms with Gasteiger partial charge in [0.25, 0.3) is 0 Å². The maximum Gasteiger partial charge on any atom is 0.0244 e. The summed E-state index contributed by atoms with van der Waals surface area (Å²) in [7, 11) is 0. The molecule has 1 saturated heterocycles. The van der Waals surface area contributed by atoms with E-state index in [1.54, 1.807) is 0 Å². The largest absolute Gasteiger partial charge is 0.327 e. The van der Waals surface area contributed by atoms with Crippen LogP contribution < -0.4 is 5.73 Å². The van der Waals surface area contributed by atoms with Gasteiger partial charge in [-0.2, -0.15) is 0 Å². The summed E-state index contributed by atoms with van der Waals surface area (Å²) in [5.74, 6) is 0.763. The van der Waals surface area contributed by atoms with Crippen LogP contribution in [0.25, 0.3) is 0 Å². The molecule has 13 heavy (non-hydrogen) atoms. The smallest absolute Gasteiger partial charge is 0.0244 e. The van der Waals surface area contributed by atoms with Gasteiger partial charge in [0.2, 0.25) is 0 Å². The molecule has 0 unspecified atom stereocenters. The topological polar surface area (TPSA) is 29.3 Å². The third-order valence-electron chi connectivity index (χ3n) is 2.87. The quantitative estimate of drug-likeness (QED) is 0.725. The van der Waals surface area contributed by atoms with Gasteiger partial charge < -0.3 is 5.73 Å². The molecule has 1 aliphatic heterocycles. The summed E-state index contributed by atoms with van der Waals surface area (Å²) >= 11 is 0. The van der Waals surface area contributed by atoms with E-state index in [0.717, 1.165) is 5.92 Å². The standard InChI is InChI=1S/C11H24N2/c1-9(2)8-13-7-5-4-6-11(13)10(3)12/h9-11H,4-8,12H2,1-3H3/t10-,11-/m1/s1. The zero-order valence-electron chi connectivity index (χ0n) is 9.29. The van der Waals surface area contributed by atoms with Crippen molar-refractivity contribution in [1.82, 2.24) is 4.90 Å². The number of nitrogens with zero attached hydrogens (tertiary/aromatic N) is 1. The maximum atomic E-state index is 5.99. The average Bonchev–Trinajstić information content (AvgIpc) is 2.03. The molecule has 0 spiro atoms. The lowest BCUT2D eigenvalue weighted by atomic mass is 9.96. The van der Waals surface area contributed by atoms with Gasteiger partial charge in [0.1, 0.15) is 0 Å². The summed E-state index contributed by atoms with van der Waals surface area (Å²) in [5.41, 5.74) is 5.99. The Balaban J connectivity index is 2.46. The molecule has 2 atom stereocenters. The molecule has 2 heteroatoms. The van der Waals surface area contributed by atoms with Crippen molar-refractivity contribution in [3.8, 4) is 0 Å². The van der Waals surface area contributed by atoms with Crippen molar-refractivity contribution in [3.05, 3.63) is 0 Å². The number of hydrogen-bond donors (Lipinski definition) is 1. The Labute approximate surface area is 82.5 Å². The van der Waals surface area contributed by atoms with Crippen molar-refractivity contribution in [2.24, 2.45) is 11.7 Å². The number of piperidine rings is 1. The van der Waals surface area contributed by atoms with E-state index in [-0.39, 0.29) is 0 Å². The van der Waals surface area contributed by atoms with Gasteiger partial charge in [0.15, 0.2) is 0 Å². The molecular formula is C11H24N2. The molecule has 0 aromatic carbocycles. The molecule has 2 nitrogen and oxygen atoms in total. The predicted molar refractivity (Wildman–Crippen MR) is 57.7 cm³/mol. The average molecular weight is 184 g/mol. The molecule has 2 N–H and O–H groups in total. The second-order valence-electron chi connectivity index (χ2n) is 4.81. The molecular weight excluding hydrogens is 160 g/mol. The molecule has 0 saturated carbocycles. The van der Waals surface area contributed by atoms with Gasteiger partial charge in [-0.25, -0.2) is 0 Å². The lowest BCUT2D eigenvalue weighted by Gasteiger charge is -2.39. The Morgan fingerprint density at radius 2 is 2.00 bits per heavy atom. The molecule has 1 rings (SSSR count). The first-order valence-electron chi connectivity index (χ1n) is 5.61. The highest BCUT2D eigenvalue weighted by atomic mass is 15.2. The molecule has 1 heterocycles. The first-order chi connectivity index (χ1) is 6.11.